The van der Waals surface area contributed by atoms with Crippen molar-refractivity contribution in [2.45, 2.75) is 37.9 Å². The molecule has 1 saturated heterocycles. The summed E-state index contributed by atoms with van der Waals surface area (Å²) in [7, 11) is 0. The molecule has 0 N–H and O–H groups in total. The van der Waals surface area contributed by atoms with Crippen LogP contribution >= 0.6 is 38.9 Å². The molecule has 1 aromatic heterocycles. The third-order valence-electron chi connectivity index (χ3n) is 2.96. The molecule has 0 bridgehead atoms. The number of alkyl halides is 1. The Morgan fingerprint density at radius 2 is 2.53 bits per heavy atom. The Bertz CT molecular complexity index is 341. The van der Waals surface area contributed by atoms with Crippen molar-refractivity contribution in [1.29, 1.82) is 0 Å². The van der Waals surface area contributed by atoms with Gasteiger partial charge in [0.05, 0.1) is 16.0 Å². The first-order valence-corrected chi connectivity index (χ1v) is 7.50. The molecule has 0 spiro atoms. The molecule has 2 heterocycles. The summed E-state index contributed by atoms with van der Waals surface area (Å²) in [6.07, 6.45) is 3.80. The largest absolute Gasteiger partial charge is 0.366 e. The van der Waals surface area contributed by atoms with Gasteiger partial charge >= 0.3 is 0 Å². The summed E-state index contributed by atoms with van der Waals surface area (Å²) >= 11 is 11.0. The second kappa shape index (κ2) is 4.74. The van der Waals surface area contributed by atoms with Crippen molar-refractivity contribution in [2.24, 2.45) is 0 Å². The normalized spacial score (nSPS) is 31.8. The highest BCUT2D eigenvalue weighted by Crippen LogP contribution is 2.40. The molecule has 0 amide bonds. The molecule has 1 nitrogen and oxygen atoms in total. The van der Waals surface area contributed by atoms with Gasteiger partial charge in [0.2, 0.25) is 0 Å². The van der Waals surface area contributed by atoms with Crippen LogP contribution in [-0.2, 0) is 10.3 Å². The lowest BCUT2D eigenvalue weighted by atomic mass is 9.88. The zero-order valence-corrected chi connectivity index (χ0v) is 11.8. The highest BCUT2D eigenvalue weighted by Gasteiger charge is 2.34. The Morgan fingerprint density at radius 1 is 1.73 bits per heavy atom. The van der Waals surface area contributed by atoms with Gasteiger partial charge < -0.3 is 4.74 Å². The van der Waals surface area contributed by atoms with Gasteiger partial charge in [-0.05, 0) is 43.2 Å². The zero-order chi connectivity index (χ0) is 10.9. The number of hydrogen-bond donors (Lipinski definition) is 0. The number of rotatable bonds is 2. The molecule has 1 aliphatic rings. The van der Waals surface area contributed by atoms with Crippen molar-refractivity contribution < 1.29 is 4.74 Å². The highest BCUT2D eigenvalue weighted by atomic mass is 79.9. The number of hydrogen-bond acceptors (Lipinski definition) is 2. The molecule has 0 radical (unpaired) electrons. The van der Waals surface area contributed by atoms with E-state index >= 15 is 0 Å². The van der Waals surface area contributed by atoms with E-state index in [1.54, 1.807) is 11.3 Å². The lowest BCUT2D eigenvalue weighted by Gasteiger charge is -2.38. The summed E-state index contributed by atoms with van der Waals surface area (Å²) in [4.78, 5) is 0. The summed E-state index contributed by atoms with van der Waals surface area (Å²) in [5, 5.41) is 3.03. The summed E-state index contributed by atoms with van der Waals surface area (Å²) in [6.45, 7) is 2.17. The van der Waals surface area contributed by atoms with Crippen LogP contribution in [0.2, 0.25) is 4.34 Å². The smallest absolute Gasteiger partial charge is 0.0932 e. The van der Waals surface area contributed by atoms with Crippen LogP contribution in [0.5, 0.6) is 0 Å². The van der Waals surface area contributed by atoms with E-state index < -0.39 is 0 Å². The Morgan fingerprint density at radius 3 is 3.13 bits per heavy atom. The van der Waals surface area contributed by atoms with Crippen molar-refractivity contribution in [3.05, 3.63) is 21.3 Å². The van der Waals surface area contributed by atoms with Crippen LogP contribution in [0.1, 0.15) is 31.7 Å². The van der Waals surface area contributed by atoms with E-state index in [9.17, 15) is 0 Å². The van der Waals surface area contributed by atoms with E-state index in [0.29, 0.717) is 6.10 Å². The third-order valence-corrected chi connectivity index (χ3v) is 4.77. The molecular weight excluding hydrogens is 296 g/mol. The van der Waals surface area contributed by atoms with E-state index in [1.165, 1.54) is 12.0 Å². The first-order chi connectivity index (χ1) is 7.14. The average Bonchev–Trinajstić information content (AvgIpc) is 2.65. The molecule has 2 rings (SSSR count). The van der Waals surface area contributed by atoms with Crippen LogP contribution < -0.4 is 0 Å². The molecule has 84 valence electrons. The van der Waals surface area contributed by atoms with Crippen molar-refractivity contribution in [3.8, 4) is 0 Å². The van der Waals surface area contributed by atoms with Crippen molar-refractivity contribution in [1.82, 2.24) is 0 Å². The van der Waals surface area contributed by atoms with Gasteiger partial charge in [-0.3, -0.25) is 0 Å². The Balaban J connectivity index is 2.18. The van der Waals surface area contributed by atoms with Crippen LogP contribution in [-0.4, -0.2) is 11.4 Å². The fourth-order valence-corrected chi connectivity index (χ4v) is 3.52. The monoisotopic (exact) mass is 308 g/mol. The first-order valence-electron chi connectivity index (χ1n) is 5.12. The van der Waals surface area contributed by atoms with Crippen LogP contribution in [0.4, 0.5) is 0 Å². The predicted molar refractivity (Wildman–Crippen MR) is 69.2 cm³/mol. The molecule has 1 fully saturated rings. The predicted octanol–water partition coefficient (Wildman–Crippen LogP) is 4.58. The lowest BCUT2D eigenvalue weighted by Crippen LogP contribution is -2.36. The van der Waals surface area contributed by atoms with Crippen LogP contribution in [0.3, 0.4) is 0 Å². The lowest BCUT2D eigenvalue weighted by molar-refractivity contribution is -0.113. The molecule has 0 aliphatic carbocycles. The maximum absolute atomic E-state index is 6.12. The van der Waals surface area contributed by atoms with Crippen molar-refractivity contribution in [3.63, 3.8) is 0 Å². The summed E-state index contributed by atoms with van der Waals surface area (Å²) in [6, 6.07) is 2.03. The quantitative estimate of drug-likeness (QED) is 0.727. The Kier molecular flexibility index (Phi) is 3.76. The number of halogens is 2. The number of thiophene rings is 1. The SMILES string of the molecule is CC1(c2csc(Cl)c2)CCCC(CBr)O1. The van der Waals surface area contributed by atoms with E-state index in [2.05, 4.69) is 28.2 Å². The third kappa shape index (κ3) is 2.57. The summed E-state index contributed by atoms with van der Waals surface area (Å²) < 4.78 is 6.97. The minimum Gasteiger partial charge on any atom is -0.366 e. The topological polar surface area (TPSA) is 9.23 Å². The standard InChI is InChI=1S/C11H14BrClOS/c1-11(8-5-10(13)15-7-8)4-2-3-9(6-12)14-11/h5,7,9H,2-4,6H2,1H3. The second-order valence-electron chi connectivity index (χ2n) is 4.16. The van der Waals surface area contributed by atoms with Gasteiger partial charge in [0, 0.05) is 5.33 Å². The van der Waals surface area contributed by atoms with Gasteiger partial charge in [0.15, 0.2) is 0 Å². The van der Waals surface area contributed by atoms with Gasteiger partial charge in [-0.2, -0.15) is 0 Å². The Hall–Kier alpha value is 0.430. The molecular formula is C11H14BrClOS. The van der Waals surface area contributed by atoms with E-state index in [0.717, 1.165) is 22.5 Å². The molecule has 4 heteroatoms. The second-order valence-corrected chi connectivity index (χ2v) is 6.35. The molecule has 2 atom stereocenters. The molecule has 0 aromatic carbocycles. The Labute approximate surface area is 108 Å². The van der Waals surface area contributed by atoms with Crippen LogP contribution in [0.25, 0.3) is 0 Å². The summed E-state index contributed by atoms with van der Waals surface area (Å²) in [5.74, 6) is 0. The molecule has 2 unspecified atom stereocenters. The van der Waals surface area contributed by atoms with E-state index in [4.69, 9.17) is 16.3 Å². The number of ether oxygens (including phenoxy) is 1. The van der Waals surface area contributed by atoms with Gasteiger partial charge in [-0.1, -0.05) is 27.5 Å². The summed E-state index contributed by atoms with van der Waals surface area (Å²) in [5.41, 5.74) is 1.09. The minimum absolute atomic E-state index is 0.139. The fraction of sp³-hybridized carbons (Fsp3) is 0.636. The molecule has 15 heavy (non-hydrogen) atoms. The van der Waals surface area contributed by atoms with E-state index in [-0.39, 0.29) is 5.60 Å². The van der Waals surface area contributed by atoms with Gasteiger partial charge in [0.25, 0.3) is 0 Å². The van der Waals surface area contributed by atoms with Crippen molar-refractivity contribution in [2.75, 3.05) is 5.33 Å². The molecule has 1 aromatic rings. The zero-order valence-electron chi connectivity index (χ0n) is 8.63. The van der Waals surface area contributed by atoms with E-state index in [1.807, 2.05) is 6.07 Å². The van der Waals surface area contributed by atoms with Gasteiger partial charge in [-0.25, -0.2) is 0 Å². The maximum Gasteiger partial charge on any atom is 0.0932 e. The molecule has 0 saturated carbocycles. The highest BCUT2D eigenvalue weighted by molar-refractivity contribution is 9.09. The minimum atomic E-state index is -0.139. The van der Waals surface area contributed by atoms with Crippen LogP contribution in [0.15, 0.2) is 11.4 Å². The maximum atomic E-state index is 6.12. The van der Waals surface area contributed by atoms with Crippen molar-refractivity contribution >= 4 is 38.9 Å². The first kappa shape index (κ1) is 11.9. The average molecular weight is 310 g/mol. The fourth-order valence-electron chi connectivity index (χ4n) is 2.06. The van der Waals surface area contributed by atoms with Crippen LogP contribution in [0, 0.1) is 0 Å². The van der Waals surface area contributed by atoms with Gasteiger partial charge in [-0.15, -0.1) is 11.3 Å². The van der Waals surface area contributed by atoms with Gasteiger partial charge in [0.1, 0.15) is 0 Å². The molecule has 1 aliphatic heterocycles.